The SMILES string of the molecule is Cc1ccc(CN2C(=O)c3ccc(C(=O)O)cc3C2=O)cc1. The molecule has 1 heterocycles. The number of aromatic carboxylic acids is 1. The molecule has 0 aliphatic carbocycles. The molecule has 2 aromatic carbocycles. The lowest BCUT2D eigenvalue weighted by atomic mass is 10.1. The number of rotatable bonds is 3. The van der Waals surface area contributed by atoms with E-state index in [2.05, 4.69) is 0 Å². The Morgan fingerprint density at radius 3 is 2.27 bits per heavy atom. The van der Waals surface area contributed by atoms with Gasteiger partial charge in [-0.3, -0.25) is 14.5 Å². The topological polar surface area (TPSA) is 74.7 Å². The molecule has 5 nitrogen and oxygen atoms in total. The van der Waals surface area contributed by atoms with E-state index < -0.39 is 17.8 Å². The van der Waals surface area contributed by atoms with Gasteiger partial charge in [-0.05, 0) is 30.7 Å². The van der Waals surface area contributed by atoms with Crippen molar-refractivity contribution in [2.45, 2.75) is 13.5 Å². The van der Waals surface area contributed by atoms with Gasteiger partial charge in [0.1, 0.15) is 0 Å². The van der Waals surface area contributed by atoms with Crippen molar-refractivity contribution in [2.75, 3.05) is 0 Å². The Bertz CT molecular complexity index is 793. The van der Waals surface area contributed by atoms with Gasteiger partial charge in [-0.1, -0.05) is 29.8 Å². The van der Waals surface area contributed by atoms with E-state index in [0.717, 1.165) is 16.0 Å². The van der Waals surface area contributed by atoms with Crippen LogP contribution in [0.15, 0.2) is 42.5 Å². The van der Waals surface area contributed by atoms with E-state index in [-0.39, 0.29) is 23.2 Å². The Morgan fingerprint density at radius 1 is 1.00 bits per heavy atom. The van der Waals surface area contributed by atoms with Gasteiger partial charge in [-0.25, -0.2) is 4.79 Å². The Balaban J connectivity index is 1.92. The minimum absolute atomic E-state index is 0.00270. The highest BCUT2D eigenvalue weighted by Crippen LogP contribution is 2.25. The molecule has 3 rings (SSSR count). The second-order valence-electron chi connectivity index (χ2n) is 5.25. The number of imide groups is 1. The lowest BCUT2D eigenvalue weighted by Crippen LogP contribution is -2.29. The van der Waals surface area contributed by atoms with Crippen molar-refractivity contribution in [1.29, 1.82) is 0 Å². The average Bonchev–Trinajstić information content (AvgIpc) is 2.74. The smallest absolute Gasteiger partial charge is 0.335 e. The van der Waals surface area contributed by atoms with E-state index in [1.807, 2.05) is 31.2 Å². The predicted molar refractivity (Wildman–Crippen MR) is 78.8 cm³/mol. The van der Waals surface area contributed by atoms with Gasteiger partial charge >= 0.3 is 5.97 Å². The fourth-order valence-electron chi connectivity index (χ4n) is 2.44. The second-order valence-corrected chi connectivity index (χ2v) is 5.25. The molecule has 5 heteroatoms. The zero-order chi connectivity index (χ0) is 15.9. The maximum atomic E-state index is 12.4. The van der Waals surface area contributed by atoms with Gasteiger partial charge in [0.25, 0.3) is 11.8 Å². The first kappa shape index (κ1) is 14.0. The third-order valence-corrected chi connectivity index (χ3v) is 3.68. The first-order valence-electron chi connectivity index (χ1n) is 6.76. The van der Waals surface area contributed by atoms with Crippen molar-refractivity contribution >= 4 is 17.8 Å². The summed E-state index contributed by atoms with van der Waals surface area (Å²) in [4.78, 5) is 36.8. The summed E-state index contributed by atoms with van der Waals surface area (Å²) in [6, 6.07) is 11.5. The summed E-state index contributed by atoms with van der Waals surface area (Å²) in [5.41, 5.74) is 2.34. The van der Waals surface area contributed by atoms with E-state index in [0.29, 0.717) is 0 Å². The van der Waals surface area contributed by atoms with Crippen molar-refractivity contribution in [3.05, 3.63) is 70.3 Å². The number of aryl methyl sites for hydroxylation is 1. The summed E-state index contributed by atoms with van der Waals surface area (Å²) >= 11 is 0. The molecule has 0 unspecified atom stereocenters. The van der Waals surface area contributed by atoms with Gasteiger partial charge in [-0.15, -0.1) is 0 Å². The fourth-order valence-corrected chi connectivity index (χ4v) is 2.44. The molecule has 1 aliphatic rings. The quantitative estimate of drug-likeness (QED) is 0.883. The maximum Gasteiger partial charge on any atom is 0.335 e. The fraction of sp³-hybridized carbons (Fsp3) is 0.118. The Morgan fingerprint density at radius 2 is 1.64 bits per heavy atom. The van der Waals surface area contributed by atoms with Crippen LogP contribution in [-0.4, -0.2) is 27.8 Å². The van der Waals surface area contributed by atoms with Crippen molar-refractivity contribution in [3.63, 3.8) is 0 Å². The van der Waals surface area contributed by atoms with Gasteiger partial charge in [-0.2, -0.15) is 0 Å². The lowest BCUT2D eigenvalue weighted by molar-refractivity contribution is 0.0641. The number of carbonyl (C=O) groups excluding carboxylic acids is 2. The summed E-state index contributed by atoms with van der Waals surface area (Å²) in [5.74, 6) is -1.97. The number of carboxylic acids is 1. The largest absolute Gasteiger partial charge is 0.478 e. The van der Waals surface area contributed by atoms with Gasteiger partial charge in [0, 0.05) is 0 Å². The number of amides is 2. The third-order valence-electron chi connectivity index (χ3n) is 3.68. The molecule has 0 atom stereocenters. The molecule has 0 bridgehead atoms. The van der Waals surface area contributed by atoms with Gasteiger partial charge < -0.3 is 5.11 Å². The van der Waals surface area contributed by atoms with Gasteiger partial charge in [0.2, 0.25) is 0 Å². The van der Waals surface area contributed by atoms with Crippen molar-refractivity contribution in [2.24, 2.45) is 0 Å². The summed E-state index contributed by atoms with van der Waals surface area (Å²) in [7, 11) is 0. The van der Waals surface area contributed by atoms with Crippen LogP contribution in [0.1, 0.15) is 42.2 Å². The minimum Gasteiger partial charge on any atom is -0.478 e. The lowest BCUT2D eigenvalue weighted by Gasteiger charge is -2.13. The molecule has 0 saturated carbocycles. The standard InChI is InChI=1S/C17H13NO4/c1-10-2-4-11(5-3-10)9-18-15(19)13-7-6-12(17(21)22)8-14(13)16(18)20/h2-8H,9H2,1H3,(H,21,22). The van der Waals surface area contributed by atoms with E-state index >= 15 is 0 Å². The summed E-state index contributed by atoms with van der Waals surface area (Å²) in [6.45, 7) is 2.13. The van der Waals surface area contributed by atoms with E-state index in [1.54, 1.807) is 0 Å². The number of hydrogen-bond donors (Lipinski definition) is 1. The molecule has 0 saturated heterocycles. The zero-order valence-electron chi connectivity index (χ0n) is 11.9. The molecule has 1 N–H and O–H groups in total. The van der Waals surface area contributed by atoms with Crippen LogP contribution < -0.4 is 0 Å². The number of benzene rings is 2. The highest BCUT2D eigenvalue weighted by atomic mass is 16.4. The number of fused-ring (bicyclic) bond motifs is 1. The van der Waals surface area contributed by atoms with Crippen LogP contribution >= 0.6 is 0 Å². The number of hydrogen-bond acceptors (Lipinski definition) is 3. The summed E-state index contributed by atoms with van der Waals surface area (Å²) in [6.07, 6.45) is 0. The van der Waals surface area contributed by atoms with Crippen LogP contribution in [0.25, 0.3) is 0 Å². The van der Waals surface area contributed by atoms with E-state index in [1.165, 1.54) is 18.2 Å². The molecular formula is C17H13NO4. The Labute approximate surface area is 126 Å². The number of nitrogens with zero attached hydrogens (tertiary/aromatic N) is 1. The highest BCUT2D eigenvalue weighted by Gasteiger charge is 2.35. The maximum absolute atomic E-state index is 12.4. The first-order valence-corrected chi connectivity index (χ1v) is 6.76. The molecule has 110 valence electrons. The van der Waals surface area contributed by atoms with Gasteiger partial charge in [0.15, 0.2) is 0 Å². The Hall–Kier alpha value is -2.95. The third kappa shape index (κ3) is 2.26. The molecule has 1 aliphatic heterocycles. The van der Waals surface area contributed by atoms with Crippen LogP contribution in [0.3, 0.4) is 0 Å². The van der Waals surface area contributed by atoms with Crippen molar-refractivity contribution in [1.82, 2.24) is 4.90 Å². The molecule has 0 spiro atoms. The predicted octanol–water partition coefficient (Wildman–Crippen LogP) is 2.49. The number of carbonyl (C=O) groups is 3. The molecule has 2 amide bonds. The molecular weight excluding hydrogens is 282 g/mol. The average molecular weight is 295 g/mol. The van der Waals surface area contributed by atoms with Crippen molar-refractivity contribution < 1.29 is 19.5 Å². The van der Waals surface area contributed by atoms with Crippen LogP contribution in [-0.2, 0) is 6.54 Å². The second kappa shape index (κ2) is 5.11. The summed E-state index contributed by atoms with van der Waals surface area (Å²) < 4.78 is 0. The first-order chi connectivity index (χ1) is 10.5. The Kier molecular flexibility index (Phi) is 3.25. The normalized spacial score (nSPS) is 13.4. The summed E-state index contributed by atoms with van der Waals surface area (Å²) in [5, 5.41) is 8.99. The van der Waals surface area contributed by atoms with Crippen LogP contribution in [0.2, 0.25) is 0 Å². The molecule has 0 aromatic heterocycles. The van der Waals surface area contributed by atoms with Crippen molar-refractivity contribution in [3.8, 4) is 0 Å². The minimum atomic E-state index is -1.12. The zero-order valence-corrected chi connectivity index (χ0v) is 11.9. The van der Waals surface area contributed by atoms with E-state index in [4.69, 9.17) is 5.11 Å². The number of carboxylic acid groups (broad SMARTS) is 1. The monoisotopic (exact) mass is 295 g/mol. The van der Waals surface area contributed by atoms with E-state index in [9.17, 15) is 14.4 Å². The highest BCUT2D eigenvalue weighted by molar-refractivity contribution is 6.21. The van der Waals surface area contributed by atoms with Crippen LogP contribution in [0, 0.1) is 6.92 Å². The van der Waals surface area contributed by atoms with Gasteiger partial charge in [0.05, 0.1) is 23.2 Å². The molecule has 22 heavy (non-hydrogen) atoms. The molecule has 0 radical (unpaired) electrons. The van der Waals surface area contributed by atoms with Crippen LogP contribution in [0.4, 0.5) is 0 Å². The molecule has 2 aromatic rings. The molecule has 0 fully saturated rings. The van der Waals surface area contributed by atoms with Crippen LogP contribution in [0.5, 0.6) is 0 Å².